The fourth-order valence-electron chi connectivity index (χ4n) is 2.88. The van der Waals surface area contributed by atoms with E-state index in [4.69, 9.17) is 9.73 Å². The van der Waals surface area contributed by atoms with Crippen LogP contribution in [-0.2, 0) is 4.74 Å². The first kappa shape index (κ1) is 21.2. The van der Waals surface area contributed by atoms with Gasteiger partial charge in [0.25, 0.3) is 0 Å². The Bertz CT molecular complexity index is 329. The van der Waals surface area contributed by atoms with Gasteiger partial charge in [-0.1, -0.05) is 6.92 Å². The Labute approximate surface area is 149 Å². The van der Waals surface area contributed by atoms with Crippen LogP contribution in [0.1, 0.15) is 40.5 Å². The number of nitrogens with zero attached hydrogens (tertiary/aromatic N) is 3. The summed E-state index contributed by atoms with van der Waals surface area (Å²) in [5.41, 5.74) is 0. The van der Waals surface area contributed by atoms with E-state index in [2.05, 4.69) is 41.2 Å². The highest BCUT2D eigenvalue weighted by molar-refractivity contribution is 5.79. The monoisotopic (exact) mass is 341 g/mol. The summed E-state index contributed by atoms with van der Waals surface area (Å²) in [6.45, 7) is 18.9. The second-order valence-corrected chi connectivity index (χ2v) is 6.37. The molecule has 1 fully saturated rings. The van der Waals surface area contributed by atoms with Crippen LogP contribution in [0.15, 0.2) is 4.99 Å². The lowest BCUT2D eigenvalue weighted by Gasteiger charge is -2.37. The van der Waals surface area contributed by atoms with E-state index in [-0.39, 0.29) is 0 Å². The molecule has 1 heterocycles. The summed E-state index contributed by atoms with van der Waals surface area (Å²) in [5.74, 6) is 0.938. The standard InChI is InChI=1S/C18H39N5O/c1-5-19-18(20-10-8-9-15-24-7-3)21-16-17(4)23-13-11-22(6-2)12-14-23/h17H,5-16H2,1-4H3,(H2,19,20,21). The van der Waals surface area contributed by atoms with Gasteiger partial charge in [-0.25, -0.2) is 0 Å². The summed E-state index contributed by atoms with van der Waals surface area (Å²) in [6, 6.07) is 0.498. The molecule has 0 aliphatic carbocycles. The van der Waals surface area contributed by atoms with Crippen LogP contribution in [0, 0.1) is 0 Å². The van der Waals surface area contributed by atoms with Crippen molar-refractivity contribution in [3.63, 3.8) is 0 Å². The first-order valence-corrected chi connectivity index (χ1v) is 9.77. The molecule has 1 rings (SSSR count). The molecule has 1 aliphatic heterocycles. The lowest BCUT2D eigenvalue weighted by Crippen LogP contribution is -2.50. The molecule has 2 N–H and O–H groups in total. The van der Waals surface area contributed by atoms with Gasteiger partial charge in [-0.15, -0.1) is 0 Å². The molecule has 6 nitrogen and oxygen atoms in total. The van der Waals surface area contributed by atoms with Crippen LogP contribution >= 0.6 is 0 Å². The first-order chi connectivity index (χ1) is 11.7. The van der Waals surface area contributed by atoms with Crippen LogP contribution in [0.25, 0.3) is 0 Å². The molecule has 0 saturated carbocycles. The van der Waals surface area contributed by atoms with Crippen LogP contribution in [0.2, 0.25) is 0 Å². The molecule has 6 heteroatoms. The first-order valence-electron chi connectivity index (χ1n) is 9.77. The number of hydrogen-bond acceptors (Lipinski definition) is 4. The Morgan fingerprint density at radius 3 is 2.46 bits per heavy atom. The summed E-state index contributed by atoms with van der Waals surface area (Å²) >= 11 is 0. The molecule has 0 bridgehead atoms. The highest BCUT2D eigenvalue weighted by Gasteiger charge is 2.19. The quantitative estimate of drug-likeness (QED) is 0.338. The molecule has 0 aromatic rings. The van der Waals surface area contributed by atoms with Gasteiger partial charge in [-0.3, -0.25) is 9.89 Å². The third-order valence-corrected chi connectivity index (χ3v) is 4.55. The number of likely N-dealkylation sites (N-methyl/N-ethyl adjacent to an activating group) is 1. The Morgan fingerprint density at radius 1 is 1.08 bits per heavy atom. The van der Waals surface area contributed by atoms with Gasteiger partial charge in [0.1, 0.15) is 0 Å². The SMILES string of the molecule is CCNC(=NCC(C)N1CCN(CC)CC1)NCCCCOCC. The Morgan fingerprint density at radius 2 is 1.83 bits per heavy atom. The van der Waals surface area contributed by atoms with Crippen LogP contribution in [0.4, 0.5) is 0 Å². The molecule has 0 aromatic heterocycles. The van der Waals surface area contributed by atoms with E-state index >= 15 is 0 Å². The van der Waals surface area contributed by atoms with Crippen molar-refractivity contribution in [1.29, 1.82) is 0 Å². The minimum atomic E-state index is 0.498. The zero-order chi connectivity index (χ0) is 17.6. The number of hydrogen-bond donors (Lipinski definition) is 2. The minimum Gasteiger partial charge on any atom is -0.382 e. The average Bonchev–Trinajstić information content (AvgIpc) is 2.62. The van der Waals surface area contributed by atoms with Crippen molar-refractivity contribution in [1.82, 2.24) is 20.4 Å². The molecule has 0 amide bonds. The number of rotatable bonds is 11. The van der Waals surface area contributed by atoms with E-state index in [0.29, 0.717) is 6.04 Å². The van der Waals surface area contributed by atoms with Crippen molar-refractivity contribution in [2.24, 2.45) is 4.99 Å². The van der Waals surface area contributed by atoms with E-state index in [9.17, 15) is 0 Å². The molecular weight excluding hydrogens is 302 g/mol. The van der Waals surface area contributed by atoms with Crippen molar-refractivity contribution in [2.75, 3.05) is 65.6 Å². The van der Waals surface area contributed by atoms with E-state index in [1.54, 1.807) is 0 Å². The maximum absolute atomic E-state index is 5.37. The van der Waals surface area contributed by atoms with Crippen molar-refractivity contribution in [3.05, 3.63) is 0 Å². The minimum absolute atomic E-state index is 0.498. The third-order valence-electron chi connectivity index (χ3n) is 4.55. The maximum atomic E-state index is 5.37. The molecule has 1 unspecified atom stereocenters. The summed E-state index contributed by atoms with van der Waals surface area (Å²) in [7, 11) is 0. The van der Waals surface area contributed by atoms with Gasteiger partial charge >= 0.3 is 0 Å². The fraction of sp³-hybridized carbons (Fsp3) is 0.944. The highest BCUT2D eigenvalue weighted by atomic mass is 16.5. The molecule has 0 aromatic carbocycles. The maximum Gasteiger partial charge on any atom is 0.191 e. The molecule has 24 heavy (non-hydrogen) atoms. The van der Waals surface area contributed by atoms with Crippen molar-refractivity contribution in [2.45, 2.75) is 46.6 Å². The number of ether oxygens (including phenoxy) is 1. The van der Waals surface area contributed by atoms with Crippen molar-refractivity contribution in [3.8, 4) is 0 Å². The number of aliphatic imine (C=N–C) groups is 1. The van der Waals surface area contributed by atoms with Crippen LogP contribution < -0.4 is 10.6 Å². The average molecular weight is 342 g/mol. The molecule has 0 radical (unpaired) electrons. The molecule has 142 valence electrons. The topological polar surface area (TPSA) is 52.1 Å². The van der Waals surface area contributed by atoms with Gasteiger partial charge in [-0.2, -0.15) is 0 Å². The molecule has 1 saturated heterocycles. The zero-order valence-corrected chi connectivity index (χ0v) is 16.3. The second-order valence-electron chi connectivity index (χ2n) is 6.37. The largest absolute Gasteiger partial charge is 0.382 e. The smallest absolute Gasteiger partial charge is 0.191 e. The fourth-order valence-corrected chi connectivity index (χ4v) is 2.88. The van der Waals surface area contributed by atoms with Gasteiger partial charge in [0.15, 0.2) is 5.96 Å². The lowest BCUT2D eigenvalue weighted by molar-refractivity contribution is 0.109. The van der Waals surface area contributed by atoms with Gasteiger partial charge in [0, 0.05) is 58.5 Å². The number of unbranched alkanes of at least 4 members (excludes halogenated alkanes) is 1. The van der Waals surface area contributed by atoms with Gasteiger partial charge in [0.2, 0.25) is 0 Å². The molecule has 1 aliphatic rings. The van der Waals surface area contributed by atoms with Gasteiger partial charge in [0.05, 0.1) is 6.54 Å². The van der Waals surface area contributed by atoms with E-state index in [1.165, 1.54) is 13.1 Å². The number of guanidine groups is 1. The van der Waals surface area contributed by atoms with E-state index < -0.39 is 0 Å². The van der Waals surface area contributed by atoms with Crippen molar-refractivity contribution >= 4 is 5.96 Å². The normalized spacial score (nSPS) is 18.6. The van der Waals surface area contributed by atoms with Crippen LogP contribution in [-0.4, -0.2) is 87.4 Å². The zero-order valence-electron chi connectivity index (χ0n) is 16.3. The predicted molar refractivity (Wildman–Crippen MR) is 103 cm³/mol. The summed E-state index contributed by atoms with van der Waals surface area (Å²) in [5, 5.41) is 6.77. The third kappa shape index (κ3) is 8.85. The summed E-state index contributed by atoms with van der Waals surface area (Å²) in [4.78, 5) is 9.84. The molecule has 0 spiro atoms. The van der Waals surface area contributed by atoms with E-state index in [0.717, 1.165) is 71.3 Å². The van der Waals surface area contributed by atoms with Gasteiger partial charge in [-0.05, 0) is 40.2 Å². The summed E-state index contributed by atoms with van der Waals surface area (Å²) in [6.07, 6.45) is 2.21. The second kappa shape index (κ2) is 13.4. The Hall–Kier alpha value is -0.850. The van der Waals surface area contributed by atoms with Crippen LogP contribution in [0.5, 0.6) is 0 Å². The predicted octanol–water partition coefficient (Wildman–Crippen LogP) is 1.38. The Kier molecular flexibility index (Phi) is 11.9. The van der Waals surface area contributed by atoms with E-state index in [1.807, 2.05) is 6.92 Å². The molecule has 1 atom stereocenters. The number of piperazine rings is 1. The highest BCUT2D eigenvalue weighted by Crippen LogP contribution is 2.06. The van der Waals surface area contributed by atoms with Crippen LogP contribution in [0.3, 0.4) is 0 Å². The molecular formula is C18H39N5O. The number of nitrogens with one attached hydrogen (secondary N) is 2. The Balaban J connectivity index is 2.28. The van der Waals surface area contributed by atoms with Crippen molar-refractivity contribution < 1.29 is 4.74 Å². The lowest BCUT2D eigenvalue weighted by atomic mass is 10.2. The van der Waals surface area contributed by atoms with Gasteiger partial charge < -0.3 is 20.3 Å². The summed E-state index contributed by atoms with van der Waals surface area (Å²) < 4.78 is 5.37.